The average Bonchev–Trinajstić information content (AvgIpc) is 2.49. The van der Waals surface area contributed by atoms with E-state index < -0.39 is 5.82 Å². The Hall–Kier alpha value is -2.56. The van der Waals surface area contributed by atoms with Crippen LogP contribution in [0.1, 0.15) is 6.42 Å². The summed E-state index contributed by atoms with van der Waals surface area (Å²) >= 11 is 0. The maximum Gasteiger partial charge on any atom is 0.226 e. The Balaban J connectivity index is 1.86. The molecule has 0 aromatic heterocycles. The molecule has 0 heterocycles. The summed E-state index contributed by atoms with van der Waals surface area (Å²) < 4.78 is 13.0. The highest BCUT2D eigenvalue weighted by Crippen LogP contribution is 2.16. The van der Waals surface area contributed by atoms with E-state index in [9.17, 15) is 9.18 Å². The monoisotopic (exact) mass is 287 g/mol. The molecule has 0 atom stereocenters. The predicted octanol–water partition coefficient (Wildman–Crippen LogP) is 2.87. The minimum Gasteiger partial charge on any atom is -0.396 e. The van der Waals surface area contributed by atoms with Crippen LogP contribution in [-0.4, -0.2) is 19.5 Å². The number of nitrogen functional groups attached to an aromatic ring is 1. The number of hydrogen-bond acceptors (Lipinski definition) is 3. The molecule has 0 aliphatic carbocycles. The van der Waals surface area contributed by atoms with Crippen LogP contribution in [0.2, 0.25) is 0 Å². The van der Waals surface area contributed by atoms with E-state index in [2.05, 4.69) is 5.32 Å². The van der Waals surface area contributed by atoms with E-state index in [0.29, 0.717) is 18.7 Å². The highest BCUT2D eigenvalue weighted by molar-refractivity contribution is 5.91. The largest absolute Gasteiger partial charge is 0.396 e. The van der Waals surface area contributed by atoms with Crippen LogP contribution in [0.5, 0.6) is 0 Å². The molecular weight excluding hydrogens is 269 g/mol. The van der Waals surface area contributed by atoms with Crippen LogP contribution in [0.3, 0.4) is 0 Å². The predicted molar refractivity (Wildman–Crippen MR) is 83.8 cm³/mol. The van der Waals surface area contributed by atoms with Crippen molar-refractivity contribution in [1.82, 2.24) is 0 Å². The van der Waals surface area contributed by atoms with E-state index in [1.165, 1.54) is 18.2 Å². The first-order valence-electron chi connectivity index (χ1n) is 6.67. The van der Waals surface area contributed by atoms with Crippen molar-refractivity contribution in [3.8, 4) is 0 Å². The first-order chi connectivity index (χ1) is 10.1. The van der Waals surface area contributed by atoms with E-state index in [4.69, 9.17) is 5.73 Å². The van der Waals surface area contributed by atoms with Crippen LogP contribution >= 0.6 is 0 Å². The van der Waals surface area contributed by atoms with Gasteiger partial charge in [-0.1, -0.05) is 18.2 Å². The summed E-state index contributed by atoms with van der Waals surface area (Å²) in [6, 6.07) is 14.0. The third-order valence-corrected chi connectivity index (χ3v) is 3.15. The molecule has 0 fully saturated rings. The fourth-order valence-electron chi connectivity index (χ4n) is 1.93. The van der Waals surface area contributed by atoms with Crippen molar-refractivity contribution in [3.63, 3.8) is 0 Å². The van der Waals surface area contributed by atoms with E-state index in [1.807, 2.05) is 42.3 Å². The number of carbonyl (C=O) groups is 1. The second-order valence-electron chi connectivity index (χ2n) is 4.79. The van der Waals surface area contributed by atoms with E-state index in [1.54, 1.807) is 0 Å². The topological polar surface area (TPSA) is 58.4 Å². The lowest BCUT2D eigenvalue weighted by atomic mass is 10.2. The van der Waals surface area contributed by atoms with Gasteiger partial charge < -0.3 is 16.0 Å². The molecule has 0 unspecified atom stereocenters. The Morgan fingerprint density at radius 2 is 1.95 bits per heavy atom. The average molecular weight is 287 g/mol. The smallest absolute Gasteiger partial charge is 0.226 e. The number of amides is 1. The van der Waals surface area contributed by atoms with Gasteiger partial charge in [-0.05, 0) is 30.3 Å². The zero-order valence-corrected chi connectivity index (χ0v) is 11.8. The van der Waals surface area contributed by atoms with Crippen molar-refractivity contribution in [2.45, 2.75) is 6.42 Å². The van der Waals surface area contributed by atoms with Crippen LogP contribution in [0.25, 0.3) is 0 Å². The minimum absolute atomic E-state index is 0.0224. The molecule has 2 aromatic carbocycles. The van der Waals surface area contributed by atoms with Gasteiger partial charge in [-0.15, -0.1) is 0 Å². The summed E-state index contributed by atoms with van der Waals surface area (Å²) in [7, 11) is 1.93. The van der Waals surface area contributed by atoms with Crippen molar-refractivity contribution in [1.29, 1.82) is 0 Å². The van der Waals surface area contributed by atoms with Crippen molar-refractivity contribution >= 4 is 23.0 Å². The van der Waals surface area contributed by atoms with Gasteiger partial charge in [0.2, 0.25) is 5.91 Å². The number of carbonyl (C=O) groups excluding carboxylic acids is 1. The molecule has 0 radical (unpaired) electrons. The number of rotatable bonds is 5. The van der Waals surface area contributed by atoms with Crippen LogP contribution < -0.4 is 16.0 Å². The summed E-state index contributed by atoms with van der Waals surface area (Å²) in [6.45, 7) is 0.590. The highest BCUT2D eigenvalue weighted by Gasteiger charge is 2.07. The van der Waals surface area contributed by atoms with Gasteiger partial charge in [0, 0.05) is 31.4 Å². The second kappa shape index (κ2) is 6.74. The Labute approximate surface area is 123 Å². The molecule has 0 saturated heterocycles. The molecule has 0 spiro atoms. The number of hydrogen-bond donors (Lipinski definition) is 2. The van der Waals surface area contributed by atoms with Gasteiger partial charge in [0.15, 0.2) is 0 Å². The molecule has 0 saturated carbocycles. The molecule has 0 bridgehead atoms. The lowest BCUT2D eigenvalue weighted by Crippen LogP contribution is -2.23. The Morgan fingerprint density at radius 3 is 2.62 bits per heavy atom. The summed E-state index contributed by atoms with van der Waals surface area (Å²) in [5.74, 6) is -0.624. The number of nitrogens with zero attached hydrogens (tertiary/aromatic N) is 1. The van der Waals surface area contributed by atoms with Gasteiger partial charge in [0.1, 0.15) is 5.82 Å². The van der Waals surface area contributed by atoms with Gasteiger partial charge in [0.25, 0.3) is 0 Å². The third kappa shape index (κ3) is 4.21. The summed E-state index contributed by atoms with van der Waals surface area (Å²) in [6.07, 6.45) is 0.336. The third-order valence-electron chi connectivity index (χ3n) is 3.15. The molecule has 5 heteroatoms. The van der Waals surface area contributed by atoms with Gasteiger partial charge in [-0.3, -0.25) is 4.79 Å². The molecule has 2 rings (SSSR count). The molecular formula is C16H18FN3O. The van der Waals surface area contributed by atoms with Crippen LogP contribution in [-0.2, 0) is 4.79 Å². The molecule has 4 nitrogen and oxygen atoms in total. The number of nitrogens with one attached hydrogen (secondary N) is 1. The number of halogens is 1. The summed E-state index contributed by atoms with van der Waals surface area (Å²) in [5.41, 5.74) is 7.04. The van der Waals surface area contributed by atoms with Crippen molar-refractivity contribution in [2.75, 3.05) is 29.5 Å². The Bertz CT molecular complexity index is 616. The first kappa shape index (κ1) is 14.8. The Kier molecular flexibility index (Phi) is 4.77. The quantitative estimate of drug-likeness (QED) is 0.831. The zero-order chi connectivity index (χ0) is 15.2. The summed E-state index contributed by atoms with van der Waals surface area (Å²) in [4.78, 5) is 13.9. The molecule has 0 aliphatic heterocycles. The second-order valence-corrected chi connectivity index (χ2v) is 4.79. The van der Waals surface area contributed by atoms with E-state index in [-0.39, 0.29) is 11.6 Å². The van der Waals surface area contributed by atoms with Crippen LogP contribution in [0.4, 0.5) is 21.5 Å². The van der Waals surface area contributed by atoms with Crippen LogP contribution in [0.15, 0.2) is 48.5 Å². The summed E-state index contributed by atoms with van der Waals surface area (Å²) in [5, 5.41) is 2.70. The SMILES string of the molecule is CN(CCC(=O)Nc1ccc(F)c(N)c1)c1ccccc1. The van der Waals surface area contributed by atoms with Gasteiger partial charge in [0.05, 0.1) is 5.69 Å². The van der Waals surface area contributed by atoms with Crippen molar-refractivity contribution in [3.05, 3.63) is 54.3 Å². The fourth-order valence-corrected chi connectivity index (χ4v) is 1.93. The number of benzene rings is 2. The molecule has 21 heavy (non-hydrogen) atoms. The molecule has 3 N–H and O–H groups in total. The number of para-hydroxylation sites is 1. The van der Waals surface area contributed by atoms with Gasteiger partial charge >= 0.3 is 0 Å². The van der Waals surface area contributed by atoms with Gasteiger partial charge in [-0.2, -0.15) is 0 Å². The molecule has 0 aliphatic rings. The number of nitrogens with two attached hydrogens (primary N) is 1. The van der Waals surface area contributed by atoms with E-state index in [0.717, 1.165) is 5.69 Å². The molecule has 110 valence electrons. The standard InChI is InChI=1S/C16H18FN3O/c1-20(13-5-3-2-4-6-13)10-9-16(21)19-12-7-8-14(17)15(18)11-12/h2-8,11H,9-10,18H2,1H3,(H,19,21). The molecule has 1 amide bonds. The van der Waals surface area contributed by atoms with Gasteiger partial charge in [-0.25, -0.2) is 4.39 Å². The normalized spacial score (nSPS) is 10.2. The number of anilines is 3. The highest BCUT2D eigenvalue weighted by atomic mass is 19.1. The molecule has 2 aromatic rings. The zero-order valence-electron chi connectivity index (χ0n) is 11.8. The minimum atomic E-state index is -0.489. The maximum absolute atomic E-state index is 13.0. The maximum atomic E-state index is 13.0. The lowest BCUT2D eigenvalue weighted by molar-refractivity contribution is -0.116. The van der Waals surface area contributed by atoms with Crippen molar-refractivity contribution < 1.29 is 9.18 Å². The first-order valence-corrected chi connectivity index (χ1v) is 6.67. The van der Waals surface area contributed by atoms with Crippen LogP contribution in [0, 0.1) is 5.82 Å². The Morgan fingerprint density at radius 1 is 1.24 bits per heavy atom. The van der Waals surface area contributed by atoms with E-state index >= 15 is 0 Å². The lowest BCUT2D eigenvalue weighted by Gasteiger charge is -2.18. The van der Waals surface area contributed by atoms with Crippen molar-refractivity contribution in [2.24, 2.45) is 0 Å². The fraction of sp³-hybridized carbons (Fsp3) is 0.188.